The van der Waals surface area contributed by atoms with Gasteiger partial charge in [0.2, 0.25) is 0 Å². The highest BCUT2D eigenvalue weighted by Gasteiger charge is 2.32. The molecule has 1 aromatic heterocycles. The second-order valence-corrected chi connectivity index (χ2v) is 6.16. The van der Waals surface area contributed by atoms with Crippen LogP contribution in [0.15, 0.2) is 6.33 Å². The van der Waals surface area contributed by atoms with Gasteiger partial charge in [0.15, 0.2) is 0 Å². The number of nitrogens with zero attached hydrogens (tertiary/aromatic N) is 4. The Morgan fingerprint density at radius 2 is 2.00 bits per heavy atom. The first-order chi connectivity index (χ1) is 9.43. The lowest BCUT2D eigenvalue weighted by Gasteiger charge is -2.40. The van der Waals surface area contributed by atoms with Crippen molar-refractivity contribution in [2.45, 2.75) is 65.1 Å². The largest absolute Gasteiger partial charge is 0.312 e. The SMILES string of the molecule is CCCNC(Cc1ncnn1CCC)C(C)(C)N(C)C. The summed E-state index contributed by atoms with van der Waals surface area (Å²) in [6, 6.07) is 0.359. The van der Waals surface area contributed by atoms with E-state index < -0.39 is 0 Å². The number of aromatic nitrogens is 3. The van der Waals surface area contributed by atoms with Gasteiger partial charge in [0, 0.05) is 24.5 Å². The average molecular weight is 281 g/mol. The fourth-order valence-electron chi connectivity index (χ4n) is 2.23. The van der Waals surface area contributed by atoms with Crippen molar-refractivity contribution >= 4 is 0 Å². The monoisotopic (exact) mass is 281 g/mol. The van der Waals surface area contributed by atoms with E-state index in [0.717, 1.165) is 38.2 Å². The quantitative estimate of drug-likeness (QED) is 0.751. The van der Waals surface area contributed by atoms with Gasteiger partial charge in [-0.05, 0) is 47.3 Å². The third-order valence-corrected chi connectivity index (χ3v) is 4.16. The van der Waals surface area contributed by atoms with Crippen LogP contribution in [-0.2, 0) is 13.0 Å². The van der Waals surface area contributed by atoms with Gasteiger partial charge >= 0.3 is 0 Å². The molecule has 1 rings (SSSR count). The predicted octanol–water partition coefficient (Wildman–Crippen LogP) is 1.94. The zero-order valence-corrected chi connectivity index (χ0v) is 14.0. The fourth-order valence-corrected chi connectivity index (χ4v) is 2.23. The Morgan fingerprint density at radius 3 is 2.55 bits per heavy atom. The first kappa shape index (κ1) is 17.1. The van der Waals surface area contributed by atoms with E-state index in [0.29, 0.717) is 6.04 Å². The van der Waals surface area contributed by atoms with E-state index in [2.05, 4.69) is 62.1 Å². The first-order valence-electron chi connectivity index (χ1n) is 7.70. The zero-order valence-electron chi connectivity index (χ0n) is 14.0. The summed E-state index contributed by atoms with van der Waals surface area (Å²) < 4.78 is 2.03. The average Bonchev–Trinajstić information content (AvgIpc) is 2.82. The highest BCUT2D eigenvalue weighted by atomic mass is 15.3. The molecular formula is C15H31N5. The number of rotatable bonds is 9. The summed E-state index contributed by atoms with van der Waals surface area (Å²) >= 11 is 0. The highest BCUT2D eigenvalue weighted by Crippen LogP contribution is 2.19. The summed E-state index contributed by atoms with van der Waals surface area (Å²) in [5, 5.41) is 8.01. The van der Waals surface area contributed by atoms with Crippen LogP contribution in [0.1, 0.15) is 46.4 Å². The van der Waals surface area contributed by atoms with Crippen LogP contribution in [0.5, 0.6) is 0 Å². The maximum Gasteiger partial charge on any atom is 0.138 e. The van der Waals surface area contributed by atoms with Crippen LogP contribution < -0.4 is 5.32 Å². The maximum absolute atomic E-state index is 4.45. The lowest BCUT2D eigenvalue weighted by atomic mass is 9.90. The molecule has 0 aromatic carbocycles. The van der Waals surface area contributed by atoms with Crippen LogP contribution in [0.3, 0.4) is 0 Å². The van der Waals surface area contributed by atoms with E-state index in [1.165, 1.54) is 0 Å². The molecule has 1 N–H and O–H groups in total. The van der Waals surface area contributed by atoms with Gasteiger partial charge in [-0.3, -0.25) is 4.68 Å². The van der Waals surface area contributed by atoms with Crippen molar-refractivity contribution in [3.8, 4) is 0 Å². The molecule has 5 nitrogen and oxygen atoms in total. The van der Waals surface area contributed by atoms with Gasteiger partial charge in [0.1, 0.15) is 12.2 Å². The molecule has 0 aliphatic rings. The Kier molecular flexibility index (Phi) is 6.62. The van der Waals surface area contributed by atoms with Crippen LogP contribution in [0.4, 0.5) is 0 Å². The lowest BCUT2D eigenvalue weighted by molar-refractivity contribution is 0.135. The molecule has 1 aromatic rings. The minimum Gasteiger partial charge on any atom is -0.312 e. The third-order valence-electron chi connectivity index (χ3n) is 4.16. The molecule has 20 heavy (non-hydrogen) atoms. The van der Waals surface area contributed by atoms with Crippen LogP contribution in [-0.4, -0.2) is 51.9 Å². The van der Waals surface area contributed by atoms with Gasteiger partial charge in [0.25, 0.3) is 0 Å². The molecule has 0 aliphatic heterocycles. The standard InChI is InChI=1S/C15H31N5/c1-7-9-16-13(15(3,4)19(5)6)11-14-17-12-18-20(14)10-8-2/h12-13,16H,7-11H2,1-6H3. The van der Waals surface area contributed by atoms with Crippen molar-refractivity contribution in [1.29, 1.82) is 0 Å². The van der Waals surface area contributed by atoms with E-state index in [9.17, 15) is 0 Å². The van der Waals surface area contributed by atoms with Crippen molar-refractivity contribution in [3.63, 3.8) is 0 Å². The molecule has 0 saturated carbocycles. The molecule has 1 atom stereocenters. The van der Waals surface area contributed by atoms with Gasteiger partial charge in [-0.1, -0.05) is 13.8 Å². The molecule has 0 saturated heterocycles. The number of nitrogens with one attached hydrogen (secondary N) is 1. The van der Waals surface area contributed by atoms with E-state index >= 15 is 0 Å². The fraction of sp³-hybridized carbons (Fsp3) is 0.867. The first-order valence-corrected chi connectivity index (χ1v) is 7.70. The second kappa shape index (κ2) is 7.74. The number of likely N-dealkylation sites (N-methyl/N-ethyl adjacent to an activating group) is 1. The molecule has 0 aliphatic carbocycles. The van der Waals surface area contributed by atoms with E-state index in [1.807, 2.05) is 4.68 Å². The minimum absolute atomic E-state index is 0.0676. The lowest BCUT2D eigenvalue weighted by Crippen LogP contribution is -2.56. The predicted molar refractivity (Wildman–Crippen MR) is 83.9 cm³/mol. The van der Waals surface area contributed by atoms with Crippen LogP contribution >= 0.6 is 0 Å². The van der Waals surface area contributed by atoms with Gasteiger partial charge < -0.3 is 10.2 Å². The summed E-state index contributed by atoms with van der Waals surface area (Å²) in [6.07, 6.45) is 4.80. The molecule has 0 radical (unpaired) electrons. The van der Waals surface area contributed by atoms with Crippen molar-refractivity contribution < 1.29 is 0 Å². The van der Waals surface area contributed by atoms with E-state index in [-0.39, 0.29) is 5.54 Å². The van der Waals surface area contributed by atoms with E-state index in [4.69, 9.17) is 0 Å². The molecule has 5 heteroatoms. The molecule has 1 heterocycles. The Labute approximate surface area is 123 Å². The minimum atomic E-state index is 0.0676. The Morgan fingerprint density at radius 1 is 1.30 bits per heavy atom. The third kappa shape index (κ3) is 4.28. The molecule has 1 unspecified atom stereocenters. The highest BCUT2D eigenvalue weighted by molar-refractivity contribution is 4.99. The van der Waals surface area contributed by atoms with Crippen molar-refractivity contribution in [2.24, 2.45) is 0 Å². The molecule has 0 spiro atoms. The van der Waals surface area contributed by atoms with Crippen molar-refractivity contribution in [1.82, 2.24) is 25.0 Å². The Bertz CT molecular complexity index is 383. The van der Waals surface area contributed by atoms with Gasteiger partial charge in [0.05, 0.1) is 0 Å². The molecule has 0 fully saturated rings. The van der Waals surface area contributed by atoms with Crippen LogP contribution in [0, 0.1) is 0 Å². The Balaban J connectivity index is 2.86. The smallest absolute Gasteiger partial charge is 0.138 e. The summed E-state index contributed by atoms with van der Waals surface area (Å²) in [5.41, 5.74) is 0.0676. The normalized spacial score (nSPS) is 13.9. The summed E-state index contributed by atoms with van der Waals surface area (Å²) in [6.45, 7) is 10.9. The Hall–Kier alpha value is -0.940. The summed E-state index contributed by atoms with van der Waals surface area (Å²) in [5.74, 6) is 1.08. The number of hydrogen-bond acceptors (Lipinski definition) is 4. The van der Waals surface area contributed by atoms with Crippen LogP contribution in [0.2, 0.25) is 0 Å². The zero-order chi connectivity index (χ0) is 15.2. The summed E-state index contributed by atoms with van der Waals surface area (Å²) in [4.78, 5) is 6.73. The number of hydrogen-bond donors (Lipinski definition) is 1. The number of aryl methyl sites for hydroxylation is 1. The van der Waals surface area contributed by atoms with Crippen molar-refractivity contribution in [3.05, 3.63) is 12.2 Å². The van der Waals surface area contributed by atoms with E-state index in [1.54, 1.807) is 6.33 Å². The van der Waals surface area contributed by atoms with Gasteiger partial charge in [-0.2, -0.15) is 5.10 Å². The van der Waals surface area contributed by atoms with Crippen molar-refractivity contribution in [2.75, 3.05) is 20.6 Å². The summed E-state index contributed by atoms with van der Waals surface area (Å²) in [7, 11) is 4.27. The molecular weight excluding hydrogens is 250 g/mol. The van der Waals surface area contributed by atoms with Crippen LogP contribution in [0.25, 0.3) is 0 Å². The van der Waals surface area contributed by atoms with Gasteiger partial charge in [-0.25, -0.2) is 4.98 Å². The molecule has 0 bridgehead atoms. The topological polar surface area (TPSA) is 46.0 Å². The molecule has 0 amide bonds. The maximum atomic E-state index is 4.45. The molecule has 116 valence electrons. The van der Waals surface area contributed by atoms with Gasteiger partial charge in [-0.15, -0.1) is 0 Å². The second-order valence-electron chi connectivity index (χ2n) is 6.16.